The van der Waals surface area contributed by atoms with Gasteiger partial charge in [-0.1, -0.05) is 60.8 Å². The Hall–Kier alpha value is -1.17. The maximum atomic E-state index is 5.28. The van der Waals surface area contributed by atoms with E-state index in [0.29, 0.717) is 9.98 Å². The van der Waals surface area contributed by atoms with Crippen molar-refractivity contribution in [3.63, 3.8) is 0 Å². The quantitative estimate of drug-likeness (QED) is 0.655. The van der Waals surface area contributed by atoms with Crippen LogP contribution in [0.25, 0.3) is 10.8 Å². The van der Waals surface area contributed by atoms with E-state index in [0.717, 1.165) is 4.90 Å². The third kappa shape index (κ3) is 3.91. The predicted octanol–water partition coefficient (Wildman–Crippen LogP) is 4.09. The fraction of sp³-hybridized carbons (Fsp3) is 0.200. The van der Waals surface area contributed by atoms with E-state index in [1.165, 1.54) is 22.7 Å². The first-order valence-electron chi connectivity index (χ1n) is 6.33. The molecule has 0 saturated carbocycles. The third-order valence-electron chi connectivity index (χ3n) is 2.63. The normalized spacial score (nSPS) is 10.6. The zero-order valence-corrected chi connectivity index (χ0v) is 13.8. The second-order valence-corrected chi connectivity index (χ2v) is 6.30. The van der Waals surface area contributed by atoms with Gasteiger partial charge in [-0.15, -0.1) is 0 Å². The highest BCUT2D eigenvalue weighted by molar-refractivity contribution is 8.00. The van der Waals surface area contributed by atoms with E-state index in [-0.39, 0.29) is 6.04 Å². The molecule has 20 heavy (non-hydrogen) atoms. The average Bonchev–Trinajstić information content (AvgIpc) is 2.44. The largest absolute Gasteiger partial charge is 0.372 e. The summed E-state index contributed by atoms with van der Waals surface area (Å²) in [5.41, 5.74) is 0. The molecule has 0 amide bonds. The Labute approximate surface area is 134 Å². The monoisotopic (exact) mass is 320 g/mol. The van der Waals surface area contributed by atoms with E-state index < -0.39 is 0 Å². The SMILES string of the molecule is CC(C)NC(=S)C(=S)NSc1cccc2ccccc12. The number of fused-ring (bicyclic) bond motifs is 1. The predicted molar refractivity (Wildman–Crippen MR) is 96.4 cm³/mol. The van der Waals surface area contributed by atoms with Gasteiger partial charge >= 0.3 is 0 Å². The van der Waals surface area contributed by atoms with Gasteiger partial charge in [0, 0.05) is 10.9 Å². The van der Waals surface area contributed by atoms with Crippen molar-refractivity contribution < 1.29 is 0 Å². The van der Waals surface area contributed by atoms with Crippen LogP contribution in [-0.4, -0.2) is 16.0 Å². The van der Waals surface area contributed by atoms with Crippen LogP contribution < -0.4 is 10.0 Å². The van der Waals surface area contributed by atoms with E-state index in [2.05, 4.69) is 34.3 Å². The van der Waals surface area contributed by atoms with Crippen molar-refractivity contribution in [2.24, 2.45) is 0 Å². The van der Waals surface area contributed by atoms with Crippen molar-refractivity contribution >= 4 is 57.1 Å². The van der Waals surface area contributed by atoms with Crippen LogP contribution in [-0.2, 0) is 0 Å². The number of benzene rings is 2. The molecule has 104 valence electrons. The van der Waals surface area contributed by atoms with Crippen molar-refractivity contribution in [2.45, 2.75) is 24.8 Å². The van der Waals surface area contributed by atoms with Gasteiger partial charge in [0.15, 0.2) is 0 Å². The van der Waals surface area contributed by atoms with Crippen molar-refractivity contribution in [2.75, 3.05) is 0 Å². The maximum Gasteiger partial charge on any atom is 0.144 e. The summed E-state index contributed by atoms with van der Waals surface area (Å²) < 4.78 is 3.14. The lowest BCUT2D eigenvalue weighted by atomic mass is 10.1. The highest BCUT2D eigenvalue weighted by Crippen LogP contribution is 2.25. The van der Waals surface area contributed by atoms with Crippen molar-refractivity contribution in [1.29, 1.82) is 0 Å². The van der Waals surface area contributed by atoms with E-state index in [9.17, 15) is 0 Å². The summed E-state index contributed by atoms with van der Waals surface area (Å²) >= 11 is 12.0. The van der Waals surface area contributed by atoms with Gasteiger partial charge in [0.05, 0.1) is 0 Å². The van der Waals surface area contributed by atoms with Gasteiger partial charge < -0.3 is 10.0 Å². The number of hydrogen-bond acceptors (Lipinski definition) is 3. The molecule has 0 spiro atoms. The highest BCUT2D eigenvalue weighted by Gasteiger charge is 2.07. The summed E-state index contributed by atoms with van der Waals surface area (Å²) in [5, 5.41) is 5.55. The minimum atomic E-state index is 0.282. The molecule has 0 aliphatic carbocycles. The van der Waals surface area contributed by atoms with E-state index in [4.69, 9.17) is 24.4 Å². The van der Waals surface area contributed by atoms with Crippen molar-refractivity contribution in [1.82, 2.24) is 10.0 Å². The van der Waals surface area contributed by atoms with Crippen LogP contribution in [0.1, 0.15) is 13.8 Å². The minimum absolute atomic E-state index is 0.282. The van der Waals surface area contributed by atoms with Crippen LogP contribution in [0.15, 0.2) is 47.4 Å². The Bertz CT molecular complexity index is 633. The molecule has 2 nitrogen and oxygen atoms in total. The summed E-state index contributed by atoms with van der Waals surface area (Å²) in [4.78, 5) is 2.28. The van der Waals surface area contributed by atoms with Crippen LogP contribution in [0.2, 0.25) is 0 Å². The van der Waals surface area contributed by atoms with Crippen molar-refractivity contribution in [3.8, 4) is 0 Å². The second-order valence-electron chi connectivity index (χ2n) is 4.64. The van der Waals surface area contributed by atoms with Gasteiger partial charge in [-0.2, -0.15) is 0 Å². The Morgan fingerprint density at radius 2 is 1.70 bits per heavy atom. The molecule has 0 radical (unpaired) electrons. The standard InChI is InChI=1S/C15H16N2S3/c1-10(2)16-14(18)15(19)17-20-13-9-5-7-11-6-3-4-8-12(11)13/h3-10H,1-2H3,(H,16,18)(H,17,19). The fourth-order valence-corrected chi connectivity index (χ4v) is 3.04. The first-order valence-corrected chi connectivity index (χ1v) is 7.96. The highest BCUT2D eigenvalue weighted by atomic mass is 32.2. The number of hydrogen-bond donors (Lipinski definition) is 2. The lowest BCUT2D eigenvalue weighted by molar-refractivity contribution is 0.744. The number of nitrogens with one attached hydrogen (secondary N) is 2. The smallest absolute Gasteiger partial charge is 0.144 e. The van der Waals surface area contributed by atoms with Crippen LogP contribution in [0.5, 0.6) is 0 Å². The molecular formula is C15H16N2S3. The topological polar surface area (TPSA) is 24.1 Å². The maximum absolute atomic E-state index is 5.28. The molecule has 0 saturated heterocycles. The Balaban J connectivity index is 2.06. The molecule has 5 heteroatoms. The van der Waals surface area contributed by atoms with Crippen LogP contribution in [0.3, 0.4) is 0 Å². The molecule has 0 heterocycles. The summed E-state index contributed by atoms with van der Waals surface area (Å²) in [7, 11) is 0. The van der Waals surface area contributed by atoms with Crippen LogP contribution >= 0.6 is 36.4 Å². The summed E-state index contributed by atoms with van der Waals surface area (Å²) in [5.74, 6) is 0. The lowest BCUT2D eigenvalue weighted by Crippen LogP contribution is -2.38. The Morgan fingerprint density at radius 1 is 1.00 bits per heavy atom. The van der Waals surface area contributed by atoms with Crippen LogP contribution in [0.4, 0.5) is 0 Å². The molecule has 0 fully saturated rings. The van der Waals surface area contributed by atoms with E-state index >= 15 is 0 Å². The summed E-state index contributed by atoms with van der Waals surface area (Å²) in [6, 6.07) is 14.8. The summed E-state index contributed by atoms with van der Waals surface area (Å²) in [6.07, 6.45) is 0. The van der Waals surface area contributed by atoms with Gasteiger partial charge in [0.2, 0.25) is 0 Å². The molecule has 2 rings (SSSR count). The number of thiocarbonyl (C=S) groups is 2. The first kappa shape index (κ1) is 15.2. The third-order valence-corrected chi connectivity index (χ3v) is 4.40. The Morgan fingerprint density at radius 3 is 2.45 bits per heavy atom. The molecule has 0 bridgehead atoms. The van der Waals surface area contributed by atoms with Crippen molar-refractivity contribution in [3.05, 3.63) is 42.5 Å². The van der Waals surface area contributed by atoms with Gasteiger partial charge in [-0.05, 0) is 42.6 Å². The summed E-state index contributed by atoms with van der Waals surface area (Å²) in [6.45, 7) is 4.07. The second kappa shape index (κ2) is 7.02. The van der Waals surface area contributed by atoms with Gasteiger partial charge in [-0.3, -0.25) is 0 Å². The van der Waals surface area contributed by atoms with Crippen LogP contribution in [0, 0.1) is 0 Å². The molecule has 0 atom stereocenters. The molecule has 0 aromatic heterocycles. The molecule has 2 aromatic rings. The zero-order chi connectivity index (χ0) is 14.5. The average molecular weight is 321 g/mol. The minimum Gasteiger partial charge on any atom is -0.372 e. The zero-order valence-electron chi connectivity index (χ0n) is 11.3. The first-order chi connectivity index (χ1) is 9.58. The van der Waals surface area contributed by atoms with E-state index in [1.54, 1.807) is 0 Å². The van der Waals surface area contributed by atoms with Gasteiger partial charge in [0.25, 0.3) is 0 Å². The molecule has 2 aromatic carbocycles. The fourth-order valence-electron chi connectivity index (χ4n) is 1.76. The molecule has 0 aliphatic heterocycles. The van der Waals surface area contributed by atoms with E-state index in [1.807, 2.05) is 32.0 Å². The Kier molecular flexibility index (Phi) is 5.34. The molecule has 0 aliphatic rings. The molecule has 2 N–H and O–H groups in total. The molecule has 0 unspecified atom stereocenters. The lowest BCUT2D eigenvalue weighted by Gasteiger charge is -2.13. The molecular weight excluding hydrogens is 304 g/mol. The van der Waals surface area contributed by atoms with Gasteiger partial charge in [0.1, 0.15) is 9.98 Å². The van der Waals surface area contributed by atoms with Gasteiger partial charge in [-0.25, -0.2) is 0 Å². The number of rotatable bonds is 3.